The first-order valence-corrected chi connectivity index (χ1v) is 8.78. The summed E-state index contributed by atoms with van der Waals surface area (Å²) in [6.07, 6.45) is 3.34. The van der Waals surface area contributed by atoms with Crippen molar-refractivity contribution in [2.24, 2.45) is 0 Å². The third-order valence-corrected chi connectivity index (χ3v) is 4.15. The Bertz CT molecular complexity index is 739. The van der Waals surface area contributed by atoms with Crippen molar-refractivity contribution in [2.45, 2.75) is 19.3 Å². The van der Waals surface area contributed by atoms with E-state index in [9.17, 15) is 0 Å². The average Bonchev–Trinajstić information content (AvgIpc) is 2.64. The Labute approximate surface area is 144 Å². The van der Waals surface area contributed by atoms with Gasteiger partial charge >= 0.3 is 0 Å². The van der Waals surface area contributed by atoms with E-state index in [1.54, 1.807) is 0 Å². The van der Waals surface area contributed by atoms with E-state index in [1.165, 1.54) is 22.8 Å². The molecular weight excluding hydrogens is 294 g/mol. The van der Waals surface area contributed by atoms with Gasteiger partial charge in [-0.25, -0.2) is 0 Å². The van der Waals surface area contributed by atoms with Gasteiger partial charge in [0.2, 0.25) is 0 Å². The summed E-state index contributed by atoms with van der Waals surface area (Å²) in [4.78, 5) is 0. The van der Waals surface area contributed by atoms with Crippen molar-refractivity contribution in [3.63, 3.8) is 0 Å². The summed E-state index contributed by atoms with van der Waals surface area (Å²) in [6.45, 7) is 2.82. The maximum atomic E-state index is 5.85. The van der Waals surface area contributed by atoms with Gasteiger partial charge in [0.15, 0.2) is 0 Å². The summed E-state index contributed by atoms with van der Waals surface area (Å²) in [6, 6.07) is 25.3. The molecule has 3 aromatic carbocycles. The molecule has 0 radical (unpaired) electrons. The van der Waals surface area contributed by atoms with Gasteiger partial charge in [-0.3, -0.25) is 0 Å². The molecular formula is C22H25NO. The Morgan fingerprint density at radius 3 is 2.33 bits per heavy atom. The molecule has 0 bridgehead atoms. The monoisotopic (exact) mass is 319 g/mol. The van der Waals surface area contributed by atoms with E-state index in [-0.39, 0.29) is 0 Å². The highest BCUT2D eigenvalue weighted by Gasteiger charge is 1.97. The quantitative estimate of drug-likeness (QED) is 0.570. The van der Waals surface area contributed by atoms with Crippen LogP contribution in [0.3, 0.4) is 0 Å². The third kappa shape index (κ3) is 5.10. The standard InChI is InChI=1S/C22H25NO/c1-2-8-19(9-3-1)10-6-15-23-16-7-17-24-22-14-13-20-11-4-5-12-21(20)18-22/h1-5,8-9,11-14,18,23H,6-7,10,15-17H2. The van der Waals surface area contributed by atoms with Crippen molar-refractivity contribution >= 4 is 10.8 Å². The molecule has 2 nitrogen and oxygen atoms in total. The van der Waals surface area contributed by atoms with E-state index in [2.05, 4.69) is 78.1 Å². The van der Waals surface area contributed by atoms with E-state index >= 15 is 0 Å². The number of hydrogen-bond acceptors (Lipinski definition) is 2. The first-order chi connectivity index (χ1) is 11.9. The fourth-order valence-corrected chi connectivity index (χ4v) is 2.83. The van der Waals surface area contributed by atoms with E-state index in [0.717, 1.165) is 38.3 Å². The number of nitrogens with one attached hydrogen (secondary N) is 1. The van der Waals surface area contributed by atoms with Crippen LogP contribution in [-0.2, 0) is 6.42 Å². The summed E-state index contributed by atoms with van der Waals surface area (Å²) >= 11 is 0. The van der Waals surface area contributed by atoms with Gasteiger partial charge in [-0.15, -0.1) is 0 Å². The fourth-order valence-electron chi connectivity index (χ4n) is 2.83. The number of rotatable bonds is 9. The van der Waals surface area contributed by atoms with Gasteiger partial charge in [-0.1, -0.05) is 60.7 Å². The Hall–Kier alpha value is -2.32. The topological polar surface area (TPSA) is 21.3 Å². The first-order valence-electron chi connectivity index (χ1n) is 8.78. The maximum Gasteiger partial charge on any atom is 0.119 e. The Morgan fingerprint density at radius 1 is 0.708 bits per heavy atom. The average molecular weight is 319 g/mol. The molecule has 24 heavy (non-hydrogen) atoms. The van der Waals surface area contributed by atoms with Crippen molar-refractivity contribution in [3.8, 4) is 5.75 Å². The van der Waals surface area contributed by atoms with E-state index in [4.69, 9.17) is 4.74 Å². The van der Waals surface area contributed by atoms with Crippen LogP contribution in [0.2, 0.25) is 0 Å². The molecule has 0 aliphatic rings. The van der Waals surface area contributed by atoms with Crippen molar-refractivity contribution in [3.05, 3.63) is 78.4 Å². The minimum atomic E-state index is 0.754. The molecule has 0 fully saturated rings. The van der Waals surface area contributed by atoms with Crippen molar-refractivity contribution in [1.29, 1.82) is 0 Å². The van der Waals surface area contributed by atoms with Gasteiger partial charge in [0.05, 0.1) is 6.61 Å². The zero-order chi connectivity index (χ0) is 16.5. The normalized spacial score (nSPS) is 10.8. The van der Waals surface area contributed by atoms with Crippen molar-refractivity contribution in [2.75, 3.05) is 19.7 Å². The molecule has 0 spiro atoms. The molecule has 0 heterocycles. The fraction of sp³-hybridized carbons (Fsp3) is 0.273. The minimum absolute atomic E-state index is 0.754. The first kappa shape index (κ1) is 16.5. The van der Waals surface area contributed by atoms with Crippen LogP contribution in [0.25, 0.3) is 10.8 Å². The van der Waals surface area contributed by atoms with Gasteiger partial charge < -0.3 is 10.1 Å². The third-order valence-electron chi connectivity index (χ3n) is 4.15. The Morgan fingerprint density at radius 2 is 1.46 bits per heavy atom. The van der Waals surface area contributed by atoms with Crippen LogP contribution in [-0.4, -0.2) is 19.7 Å². The minimum Gasteiger partial charge on any atom is -0.494 e. The SMILES string of the molecule is c1ccc(CCCNCCCOc2ccc3ccccc3c2)cc1. The second-order valence-corrected chi connectivity index (χ2v) is 6.05. The van der Waals surface area contributed by atoms with Crippen LogP contribution in [0, 0.1) is 0 Å². The predicted octanol–water partition coefficient (Wildman–Crippen LogP) is 4.83. The van der Waals surface area contributed by atoms with E-state index in [0.29, 0.717) is 0 Å². The number of benzene rings is 3. The van der Waals surface area contributed by atoms with Crippen LogP contribution in [0.15, 0.2) is 72.8 Å². The molecule has 0 aliphatic heterocycles. The van der Waals surface area contributed by atoms with Gasteiger partial charge in [0.25, 0.3) is 0 Å². The second kappa shape index (κ2) is 9.09. The van der Waals surface area contributed by atoms with Gasteiger partial charge in [-0.05, 0) is 60.8 Å². The Kier molecular flexibility index (Phi) is 6.26. The number of aryl methyl sites for hydroxylation is 1. The van der Waals surface area contributed by atoms with Crippen molar-refractivity contribution in [1.82, 2.24) is 5.32 Å². The molecule has 0 saturated heterocycles. The number of hydrogen-bond donors (Lipinski definition) is 1. The molecule has 0 unspecified atom stereocenters. The van der Waals surface area contributed by atoms with Crippen LogP contribution in [0.4, 0.5) is 0 Å². The lowest BCUT2D eigenvalue weighted by atomic mass is 10.1. The molecule has 0 aromatic heterocycles. The largest absolute Gasteiger partial charge is 0.494 e. The second-order valence-electron chi connectivity index (χ2n) is 6.05. The van der Waals surface area contributed by atoms with Gasteiger partial charge in [0, 0.05) is 0 Å². The molecule has 124 valence electrons. The van der Waals surface area contributed by atoms with E-state index in [1.807, 2.05) is 0 Å². The highest BCUT2D eigenvalue weighted by atomic mass is 16.5. The van der Waals surface area contributed by atoms with E-state index < -0.39 is 0 Å². The van der Waals surface area contributed by atoms with Crippen LogP contribution in [0.1, 0.15) is 18.4 Å². The lowest BCUT2D eigenvalue weighted by Gasteiger charge is -2.08. The van der Waals surface area contributed by atoms with Crippen LogP contribution < -0.4 is 10.1 Å². The summed E-state index contributed by atoms with van der Waals surface area (Å²) < 4.78 is 5.85. The maximum absolute atomic E-state index is 5.85. The van der Waals surface area contributed by atoms with Crippen LogP contribution in [0.5, 0.6) is 5.75 Å². The Balaban J connectivity index is 1.28. The number of fused-ring (bicyclic) bond motifs is 1. The molecule has 0 saturated carbocycles. The molecule has 0 atom stereocenters. The lowest BCUT2D eigenvalue weighted by Crippen LogP contribution is -2.19. The highest BCUT2D eigenvalue weighted by molar-refractivity contribution is 5.83. The summed E-state index contributed by atoms with van der Waals surface area (Å²) in [7, 11) is 0. The van der Waals surface area contributed by atoms with Gasteiger partial charge in [-0.2, -0.15) is 0 Å². The van der Waals surface area contributed by atoms with Crippen LogP contribution >= 0.6 is 0 Å². The molecule has 3 rings (SSSR count). The number of ether oxygens (including phenoxy) is 1. The van der Waals surface area contributed by atoms with Gasteiger partial charge in [0.1, 0.15) is 5.75 Å². The van der Waals surface area contributed by atoms with Crippen molar-refractivity contribution < 1.29 is 4.74 Å². The summed E-state index contributed by atoms with van der Waals surface area (Å²) in [5.74, 6) is 0.956. The smallest absolute Gasteiger partial charge is 0.119 e. The molecule has 0 aliphatic carbocycles. The molecule has 1 N–H and O–H groups in total. The molecule has 0 amide bonds. The lowest BCUT2D eigenvalue weighted by molar-refractivity contribution is 0.308. The molecule has 2 heteroatoms. The summed E-state index contributed by atoms with van der Waals surface area (Å²) in [5.41, 5.74) is 1.42. The predicted molar refractivity (Wildman–Crippen MR) is 102 cm³/mol. The summed E-state index contributed by atoms with van der Waals surface area (Å²) in [5, 5.41) is 5.98. The molecule has 3 aromatic rings. The zero-order valence-corrected chi connectivity index (χ0v) is 14.1. The highest BCUT2D eigenvalue weighted by Crippen LogP contribution is 2.20. The zero-order valence-electron chi connectivity index (χ0n) is 14.1.